The molecule has 1 heterocycles. The summed E-state index contributed by atoms with van der Waals surface area (Å²) in [5, 5.41) is 3.55. The molecule has 1 amide bonds. The minimum absolute atomic E-state index is 0.114. The van der Waals surface area contributed by atoms with Crippen molar-refractivity contribution in [1.29, 1.82) is 0 Å². The molecule has 4 nitrogen and oxygen atoms in total. The van der Waals surface area contributed by atoms with Gasteiger partial charge in [0.2, 0.25) is 0 Å². The lowest BCUT2D eigenvalue weighted by Crippen LogP contribution is -2.22. The van der Waals surface area contributed by atoms with E-state index in [0.717, 1.165) is 21.3 Å². The lowest BCUT2D eigenvalue weighted by Gasteiger charge is -2.05. The molecule has 0 aliphatic carbocycles. The van der Waals surface area contributed by atoms with E-state index in [4.69, 9.17) is 4.74 Å². The molecule has 0 spiro atoms. The number of amides is 1. The van der Waals surface area contributed by atoms with Gasteiger partial charge in [-0.1, -0.05) is 12.1 Å². The van der Waals surface area contributed by atoms with E-state index in [1.165, 1.54) is 30.6 Å². The van der Waals surface area contributed by atoms with Crippen LogP contribution >= 0.6 is 11.3 Å². The molecule has 0 radical (unpaired) electrons. The number of hydrogen-bond donors (Lipinski definition) is 1. The first-order chi connectivity index (χ1) is 10.7. The molecule has 0 unspecified atom stereocenters. The molecule has 112 valence electrons. The van der Waals surface area contributed by atoms with Crippen LogP contribution in [0.2, 0.25) is 0 Å². The van der Waals surface area contributed by atoms with Crippen LogP contribution in [0.1, 0.15) is 15.4 Å². The Balaban J connectivity index is 1.70. The number of halogens is 1. The van der Waals surface area contributed by atoms with E-state index in [9.17, 15) is 9.18 Å². The average Bonchev–Trinajstić information content (AvgIpc) is 2.95. The van der Waals surface area contributed by atoms with Gasteiger partial charge in [-0.25, -0.2) is 9.37 Å². The van der Waals surface area contributed by atoms with Gasteiger partial charge in [0.25, 0.3) is 5.91 Å². The Morgan fingerprint density at radius 3 is 2.86 bits per heavy atom. The van der Waals surface area contributed by atoms with E-state index in [0.29, 0.717) is 6.54 Å². The van der Waals surface area contributed by atoms with Gasteiger partial charge in [0.1, 0.15) is 5.01 Å². The first-order valence-electron chi connectivity index (χ1n) is 6.63. The van der Waals surface area contributed by atoms with Gasteiger partial charge in [0.05, 0.1) is 23.9 Å². The van der Waals surface area contributed by atoms with Gasteiger partial charge < -0.3 is 10.1 Å². The number of nitrogens with one attached hydrogen (secondary N) is 1. The molecule has 0 atom stereocenters. The maximum absolute atomic E-state index is 13.6. The van der Waals surface area contributed by atoms with Crippen molar-refractivity contribution in [1.82, 2.24) is 10.3 Å². The largest absolute Gasteiger partial charge is 0.494 e. The number of fused-ring (bicyclic) bond motifs is 1. The molecule has 0 aliphatic heterocycles. The maximum Gasteiger partial charge on any atom is 0.251 e. The average molecular weight is 316 g/mol. The Morgan fingerprint density at radius 2 is 2.14 bits per heavy atom. The topological polar surface area (TPSA) is 51.2 Å². The monoisotopic (exact) mass is 316 g/mol. The minimum atomic E-state index is -0.560. The number of carbonyl (C=O) groups excluding carboxylic acids is 1. The summed E-state index contributed by atoms with van der Waals surface area (Å²) < 4.78 is 19.5. The highest BCUT2D eigenvalue weighted by Gasteiger charge is 2.11. The summed E-state index contributed by atoms with van der Waals surface area (Å²) >= 11 is 1.52. The van der Waals surface area contributed by atoms with Gasteiger partial charge in [0.15, 0.2) is 11.6 Å². The molecule has 0 aliphatic rings. The molecule has 6 heteroatoms. The quantitative estimate of drug-likeness (QED) is 0.803. The summed E-state index contributed by atoms with van der Waals surface area (Å²) in [4.78, 5) is 16.5. The molecule has 3 rings (SSSR count). The SMILES string of the molecule is COc1ccc(C(=O)NCc2nc3ccccc3s2)cc1F. The highest BCUT2D eigenvalue weighted by molar-refractivity contribution is 7.18. The van der Waals surface area contributed by atoms with Crippen molar-refractivity contribution in [3.8, 4) is 5.75 Å². The van der Waals surface area contributed by atoms with E-state index < -0.39 is 5.82 Å². The summed E-state index contributed by atoms with van der Waals surface area (Å²) in [6.45, 7) is 0.311. The highest BCUT2D eigenvalue weighted by Crippen LogP contribution is 2.21. The van der Waals surface area contributed by atoms with Crippen molar-refractivity contribution < 1.29 is 13.9 Å². The van der Waals surface area contributed by atoms with Crippen molar-refractivity contribution in [3.05, 3.63) is 58.9 Å². The smallest absolute Gasteiger partial charge is 0.251 e. The number of methoxy groups -OCH3 is 1. The number of nitrogens with zero attached hydrogens (tertiary/aromatic N) is 1. The lowest BCUT2D eigenvalue weighted by atomic mass is 10.2. The second-order valence-electron chi connectivity index (χ2n) is 4.61. The van der Waals surface area contributed by atoms with Gasteiger partial charge in [-0.15, -0.1) is 11.3 Å². The molecule has 0 bridgehead atoms. The molecule has 22 heavy (non-hydrogen) atoms. The number of ether oxygens (including phenoxy) is 1. The molecule has 1 N–H and O–H groups in total. The predicted octanol–water partition coefficient (Wildman–Crippen LogP) is 3.37. The minimum Gasteiger partial charge on any atom is -0.494 e. The van der Waals surface area contributed by atoms with Gasteiger partial charge >= 0.3 is 0 Å². The van der Waals surface area contributed by atoms with Crippen LogP contribution in [0.15, 0.2) is 42.5 Å². The van der Waals surface area contributed by atoms with Crippen LogP contribution in [-0.4, -0.2) is 18.0 Å². The Kier molecular flexibility index (Phi) is 4.02. The highest BCUT2D eigenvalue weighted by atomic mass is 32.1. The lowest BCUT2D eigenvalue weighted by molar-refractivity contribution is 0.0950. The van der Waals surface area contributed by atoms with Crippen LogP contribution < -0.4 is 10.1 Å². The molecule has 3 aromatic rings. The van der Waals surface area contributed by atoms with Gasteiger partial charge in [-0.2, -0.15) is 0 Å². The van der Waals surface area contributed by atoms with Crippen LogP contribution in [0.5, 0.6) is 5.75 Å². The number of hydrogen-bond acceptors (Lipinski definition) is 4. The summed E-state index contributed by atoms with van der Waals surface area (Å²) in [6.07, 6.45) is 0. The maximum atomic E-state index is 13.6. The molecule has 2 aromatic carbocycles. The summed E-state index contributed by atoms with van der Waals surface area (Å²) in [7, 11) is 1.38. The second-order valence-corrected chi connectivity index (χ2v) is 5.72. The fourth-order valence-electron chi connectivity index (χ4n) is 2.06. The number of aromatic nitrogens is 1. The zero-order valence-corrected chi connectivity index (χ0v) is 12.6. The first-order valence-corrected chi connectivity index (χ1v) is 7.45. The Bertz CT molecular complexity index is 799. The third-order valence-electron chi connectivity index (χ3n) is 3.15. The number of benzene rings is 2. The van der Waals surface area contributed by atoms with Crippen LogP contribution in [0, 0.1) is 5.82 Å². The number of thiazole rings is 1. The van der Waals surface area contributed by atoms with Gasteiger partial charge in [-0.05, 0) is 30.3 Å². The van der Waals surface area contributed by atoms with Crippen LogP contribution in [0.25, 0.3) is 10.2 Å². The number of para-hydroxylation sites is 1. The predicted molar refractivity (Wildman–Crippen MR) is 83.7 cm³/mol. The van der Waals surface area contributed by atoms with Crippen molar-refractivity contribution >= 4 is 27.5 Å². The molecular formula is C16H13FN2O2S. The zero-order chi connectivity index (χ0) is 15.5. The summed E-state index contributed by atoms with van der Waals surface area (Å²) in [5.74, 6) is -0.793. The summed E-state index contributed by atoms with van der Waals surface area (Å²) in [6, 6.07) is 11.9. The van der Waals surface area contributed by atoms with E-state index >= 15 is 0 Å². The van der Waals surface area contributed by atoms with Crippen molar-refractivity contribution in [3.63, 3.8) is 0 Å². The normalized spacial score (nSPS) is 10.6. The van der Waals surface area contributed by atoms with Crippen molar-refractivity contribution in [2.75, 3.05) is 7.11 Å². The molecular weight excluding hydrogens is 303 g/mol. The van der Waals surface area contributed by atoms with Crippen LogP contribution in [0.3, 0.4) is 0 Å². The van der Waals surface area contributed by atoms with E-state index in [1.807, 2.05) is 24.3 Å². The standard InChI is InChI=1S/C16H13FN2O2S/c1-21-13-7-6-10(8-11(13)17)16(20)18-9-15-19-12-4-2-3-5-14(12)22-15/h2-8H,9H2,1H3,(H,18,20). The fourth-order valence-corrected chi connectivity index (χ4v) is 2.97. The van der Waals surface area contributed by atoms with Gasteiger partial charge in [0, 0.05) is 5.56 Å². The Morgan fingerprint density at radius 1 is 1.32 bits per heavy atom. The number of rotatable bonds is 4. The molecule has 1 aromatic heterocycles. The molecule has 0 fully saturated rings. The van der Waals surface area contributed by atoms with Crippen LogP contribution in [-0.2, 0) is 6.54 Å². The molecule has 0 saturated heterocycles. The first kappa shape index (κ1) is 14.5. The second kappa shape index (κ2) is 6.11. The fraction of sp³-hybridized carbons (Fsp3) is 0.125. The van der Waals surface area contributed by atoms with Crippen molar-refractivity contribution in [2.24, 2.45) is 0 Å². The third-order valence-corrected chi connectivity index (χ3v) is 4.19. The van der Waals surface area contributed by atoms with Gasteiger partial charge in [-0.3, -0.25) is 4.79 Å². The third kappa shape index (κ3) is 2.92. The summed E-state index contributed by atoms with van der Waals surface area (Å²) in [5.41, 5.74) is 1.16. The Labute approximate surface area is 130 Å². The molecule has 0 saturated carbocycles. The van der Waals surface area contributed by atoms with E-state index in [-0.39, 0.29) is 17.2 Å². The van der Waals surface area contributed by atoms with E-state index in [2.05, 4.69) is 10.3 Å². The van der Waals surface area contributed by atoms with Crippen LogP contribution in [0.4, 0.5) is 4.39 Å². The number of carbonyl (C=O) groups is 1. The zero-order valence-electron chi connectivity index (χ0n) is 11.8. The van der Waals surface area contributed by atoms with Crippen molar-refractivity contribution in [2.45, 2.75) is 6.54 Å². The van der Waals surface area contributed by atoms with E-state index in [1.54, 1.807) is 0 Å². The Hall–Kier alpha value is -2.47.